The van der Waals surface area contributed by atoms with Crippen LogP contribution in [0.2, 0.25) is 5.28 Å². The summed E-state index contributed by atoms with van der Waals surface area (Å²) in [7, 11) is 0. The maximum absolute atomic E-state index is 5.87. The summed E-state index contributed by atoms with van der Waals surface area (Å²) in [6.07, 6.45) is 0.892. The summed E-state index contributed by atoms with van der Waals surface area (Å²) in [5.74, 6) is 0.529. The van der Waals surface area contributed by atoms with Crippen molar-refractivity contribution < 1.29 is 4.74 Å². The first-order valence-electron chi connectivity index (χ1n) is 5.80. The molecule has 0 fully saturated rings. The molecule has 0 aliphatic heterocycles. The van der Waals surface area contributed by atoms with E-state index in [2.05, 4.69) is 15.0 Å². The Labute approximate surface area is 111 Å². The summed E-state index contributed by atoms with van der Waals surface area (Å²) < 4.78 is 5.38. The van der Waals surface area contributed by atoms with E-state index in [4.69, 9.17) is 16.3 Å². The molecule has 2 rings (SSSR count). The van der Waals surface area contributed by atoms with E-state index in [1.54, 1.807) is 0 Å². The van der Waals surface area contributed by atoms with Crippen LogP contribution < -0.4 is 4.74 Å². The monoisotopic (exact) mass is 263 g/mol. The summed E-state index contributed by atoms with van der Waals surface area (Å²) in [5, 5.41) is 0.145. The van der Waals surface area contributed by atoms with Crippen molar-refractivity contribution in [2.45, 2.75) is 20.3 Å². The molecule has 0 spiro atoms. The maximum atomic E-state index is 5.87. The molecule has 0 bridgehead atoms. The van der Waals surface area contributed by atoms with E-state index in [9.17, 15) is 0 Å². The molecule has 4 nitrogen and oxygen atoms in total. The van der Waals surface area contributed by atoms with E-state index >= 15 is 0 Å². The van der Waals surface area contributed by atoms with Crippen molar-refractivity contribution in [3.63, 3.8) is 0 Å². The Bertz CT molecular complexity index is 528. The average molecular weight is 264 g/mol. The van der Waals surface area contributed by atoms with Gasteiger partial charge in [0, 0.05) is 5.56 Å². The largest absolute Gasteiger partial charge is 0.463 e. The predicted octanol–water partition coefficient (Wildman–Crippen LogP) is 3.29. The molecule has 0 aliphatic carbocycles. The van der Waals surface area contributed by atoms with E-state index in [0.717, 1.165) is 12.0 Å². The lowest BCUT2D eigenvalue weighted by atomic mass is 10.1. The fraction of sp³-hybridized carbons (Fsp3) is 0.308. The van der Waals surface area contributed by atoms with E-state index in [0.29, 0.717) is 12.4 Å². The molecule has 18 heavy (non-hydrogen) atoms. The molecule has 0 aliphatic rings. The van der Waals surface area contributed by atoms with Gasteiger partial charge in [-0.05, 0) is 24.9 Å². The molecule has 94 valence electrons. The van der Waals surface area contributed by atoms with E-state index in [1.807, 2.05) is 38.1 Å². The van der Waals surface area contributed by atoms with Gasteiger partial charge in [-0.15, -0.1) is 0 Å². The first-order valence-corrected chi connectivity index (χ1v) is 6.18. The normalized spacial score (nSPS) is 10.4. The molecular weight excluding hydrogens is 250 g/mol. The maximum Gasteiger partial charge on any atom is 0.321 e. The van der Waals surface area contributed by atoms with Gasteiger partial charge in [0.05, 0.1) is 6.61 Å². The Morgan fingerprint density at radius 3 is 2.50 bits per heavy atom. The Hall–Kier alpha value is -1.68. The van der Waals surface area contributed by atoms with Gasteiger partial charge in [0.2, 0.25) is 5.28 Å². The van der Waals surface area contributed by atoms with Gasteiger partial charge in [0.1, 0.15) is 0 Å². The molecular formula is C13H14ClN3O. The highest BCUT2D eigenvalue weighted by atomic mass is 35.5. The molecule has 1 aromatic heterocycles. The lowest BCUT2D eigenvalue weighted by Crippen LogP contribution is -2.02. The number of benzene rings is 1. The molecule has 5 heteroatoms. The van der Waals surface area contributed by atoms with Crippen molar-refractivity contribution in [1.29, 1.82) is 0 Å². The zero-order valence-corrected chi connectivity index (χ0v) is 11.1. The van der Waals surface area contributed by atoms with Crippen LogP contribution in [-0.4, -0.2) is 21.6 Å². The van der Waals surface area contributed by atoms with E-state index < -0.39 is 0 Å². The highest BCUT2D eigenvalue weighted by Gasteiger charge is 2.07. The van der Waals surface area contributed by atoms with Gasteiger partial charge in [-0.2, -0.15) is 15.0 Å². The molecule has 0 radical (unpaired) electrons. The number of aryl methyl sites for hydroxylation is 1. The number of rotatable bonds is 4. The third-order valence-corrected chi connectivity index (χ3v) is 2.50. The number of ether oxygens (including phenoxy) is 1. The first-order chi connectivity index (χ1) is 8.69. The standard InChI is InChI=1S/C13H14ClN3O/c1-3-8-18-13-16-11(15-12(14)17-13)10-6-4-9(2)5-7-10/h4-7H,3,8H2,1-2H3. The van der Waals surface area contributed by atoms with Gasteiger partial charge in [0.15, 0.2) is 5.82 Å². The molecule has 0 saturated carbocycles. The number of nitrogens with zero attached hydrogens (tertiary/aromatic N) is 3. The summed E-state index contributed by atoms with van der Waals surface area (Å²) in [4.78, 5) is 12.3. The number of hydrogen-bond acceptors (Lipinski definition) is 4. The first kappa shape index (κ1) is 12.8. The van der Waals surface area contributed by atoms with Gasteiger partial charge < -0.3 is 4.74 Å². The third kappa shape index (κ3) is 3.17. The molecule has 0 unspecified atom stereocenters. The lowest BCUT2D eigenvalue weighted by Gasteiger charge is -2.05. The molecule has 0 atom stereocenters. The van der Waals surface area contributed by atoms with Crippen molar-refractivity contribution in [2.24, 2.45) is 0 Å². The summed E-state index contributed by atoms with van der Waals surface area (Å²) in [5.41, 5.74) is 2.08. The summed E-state index contributed by atoms with van der Waals surface area (Å²) >= 11 is 5.87. The lowest BCUT2D eigenvalue weighted by molar-refractivity contribution is 0.291. The van der Waals surface area contributed by atoms with Crippen LogP contribution in [0.3, 0.4) is 0 Å². The smallest absolute Gasteiger partial charge is 0.321 e. The van der Waals surface area contributed by atoms with Crippen LogP contribution in [0.5, 0.6) is 6.01 Å². The molecule has 1 aromatic carbocycles. The minimum Gasteiger partial charge on any atom is -0.463 e. The van der Waals surface area contributed by atoms with Gasteiger partial charge in [0.25, 0.3) is 0 Å². The van der Waals surface area contributed by atoms with Crippen LogP contribution in [0.4, 0.5) is 0 Å². The van der Waals surface area contributed by atoms with Crippen LogP contribution in [0.25, 0.3) is 11.4 Å². The van der Waals surface area contributed by atoms with Crippen molar-refractivity contribution in [1.82, 2.24) is 15.0 Å². The van der Waals surface area contributed by atoms with E-state index in [-0.39, 0.29) is 11.3 Å². The van der Waals surface area contributed by atoms with Gasteiger partial charge >= 0.3 is 6.01 Å². The zero-order valence-electron chi connectivity index (χ0n) is 10.4. The SMILES string of the molecule is CCCOc1nc(Cl)nc(-c2ccc(C)cc2)n1. The molecule has 2 aromatic rings. The minimum absolute atomic E-state index is 0.145. The number of halogens is 1. The Morgan fingerprint density at radius 1 is 1.11 bits per heavy atom. The van der Waals surface area contributed by atoms with Gasteiger partial charge in [-0.1, -0.05) is 36.8 Å². The van der Waals surface area contributed by atoms with Crippen LogP contribution in [0.15, 0.2) is 24.3 Å². The topological polar surface area (TPSA) is 47.9 Å². The van der Waals surface area contributed by atoms with Crippen molar-refractivity contribution in [3.05, 3.63) is 35.1 Å². The highest BCUT2D eigenvalue weighted by molar-refractivity contribution is 6.28. The second-order valence-corrected chi connectivity index (χ2v) is 4.26. The summed E-state index contributed by atoms with van der Waals surface area (Å²) in [6.45, 7) is 4.61. The number of aromatic nitrogens is 3. The van der Waals surface area contributed by atoms with Crippen LogP contribution in [0, 0.1) is 6.92 Å². The highest BCUT2D eigenvalue weighted by Crippen LogP contribution is 2.19. The quantitative estimate of drug-likeness (QED) is 0.849. The molecule has 0 saturated heterocycles. The average Bonchev–Trinajstić information content (AvgIpc) is 2.36. The zero-order chi connectivity index (χ0) is 13.0. The minimum atomic E-state index is 0.145. The third-order valence-electron chi connectivity index (χ3n) is 2.33. The number of hydrogen-bond donors (Lipinski definition) is 0. The second-order valence-electron chi connectivity index (χ2n) is 3.93. The molecule has 0 N–H and O–H groups in total. The summed E-state index contributed by atoms with van der Waals surface area (Å²) in [6, 6.07) is 8.17. The van der Waals surface area contributed by atoms with Crippen LogP contribution >= 0.6 is 11.6 Å². The van der Waals surface area contributed by atoms with Gasteiger partial charge in [-0.3, -0.25) is 0 Å². The van der Waals surface area contributed by atoms with E-state index in [1.165, 1.54) is 5.56 Å². The van der Waals surface area contributed by atoms with Crippen LogP contribution in [0.1, 0.15) is 18.9 Å². The van der Waals surface area contributed by atoms with Crippen LogP contribution in [-0.2, 0) is 0 Å². The van der Waals surface area contributed by atoms with Gasteiger partial charge in [-0.25, -0.2) is 0 Å². The van der Waals surface area contributed by atoms with Crippen molar-refractivity contribution >= 4 is 11.6 Å². The fourth-order valence-corrected chi connectivity index (χ4v) is 1.57. The Morgan fingerprint density at radius 2 is 1.83 bits per heavy atom. The predicted molar refractivity (Wildman–Crippen MR) is 70.8 cm³/mol. The molecule has 0 amide bonds. The Kier molecular flexibility index (Phi) is 4.10. The molecule has 1 heterocycles. The van der Waals surface area contributed by atoms with Crippen molar-refractivity contribution in [3.8, 4) is 17.4 Å². The second kappa shape index (κ2) is 5.78. The fourth-order valence-electron chi connectivity index (χ4n) is 1.42. The van der Waals surface area contributed by atoms with Crippen molar-refractivity contribution in [2.75, 3.05) is 6.61 Å². The Balaban J connectivity index is 2.32.